The molecule has 3 N–H and O–H groups in total. The standard InChI is InChI=1S/C19H19BrN4O4S.C2HF3O2/c1-29(27)19-22-21-18(14-10-15(20)17(26)11-16(14)25)24(19)13-4-2-12(3-5-13)23-6-8-28-9-7-23;3-2(4,5)1(6)7/h2-5,10-11,25-26H,6-9H2,1H3;(H,6,7). The second-order valence-electron chi connectivity index (χ2n) is 7.34. The zero-order valence-corrected chi connectivity index (χ0v) is 21.0. The number of phenols is 2. The highest BCUT2D eigenvalue weighted by Gasteiger charge is 2.38. The first kappa shape index (κ1) is 27.4. The maximum atomic E-state index is 12.3. The van der Waals surface area contributed by atoms with E-state index in [-0.39, 0.29) is 16.7 Å². The molecule has 1 unspecified atom stereocenters. The Morgan fingerprint density at radius 1 is 1.06 bits per heavy atom. The molecule has 0 amide bonds. The van der Waals surface area contributed by atoms with Gasteiger partial charge in [0.05, 0.1) is 34.0 Å². The van der Waals surface area contributed by atoms with Gasteiger partial charge in [0.25, 0.3) is 0 Å². The van der Waals surface area contributed by atoms with Gasteiger partial charge in [0.2, 0.25) is 5.16 Å². The summed E-state index contributed by atoms with van der Waals surface area (Å²) < 4.78 is 51.4. The maximum absolute atomic E-state index is 12.3. The minimum atomic E-state index is -5.08. The quantitative estimate of drug-likeness (QED) is 0.416. The van der Waals surface area contributed by atoms with Crippen LogP contribution in [0.5, 0.6) is 11.5 Å². The number of benzene rings is 2. The summed E-state index contributed by atoms with van der Waals surface area (Å²) in [7, 11) is -1.40. The fourth-order valence-corrected chi connectivity index (χ4v) is 4.18. The number of aliphatic carboxylic acids is 1. The van der Waals surface area contributed by atoms with Crippen LogP contribution in [0.15, 0.2) is 46.0 Å². The highest BCUT2D eigenvalue weighted by molar-refractivity contribution is 9.10. The number of hydrogen-bond donors (Lipinski definition) is 3. The molecule has 1 atom stereocenters. The Morgan fingerprint density at radius 2 is 1.61 bits per heavy atom. The molecule has 4 rings (SSSR count). The molecule has 15 heteroatoms. The summed E-state index contributed by atoms with van der Waals surface area (Å²) in [4.78, 5) is 11.1. The van der Waals surface area contributed by atoms with Crippen molar-refractivity contribution in [2.24, 2.45) is 0 Å². The minimum Gasteiger partial charge on any atom is -0.507 e. The van der Waals surface area contributed by atoms with Gasteiger partial charge in [0.1, 0.15) is 11.5 Å². The molecule has 10 nitrogen and oxygen atoms in total. The zero-order chi connectivity index (χ0) is 26.6. The third kappa shape index (κ3) is 6.33. The Balaban J connectivity index is 0.000000454. The lowest BCUT2D eigenvalue weighted by Crippen LogP contribution is -2.36. The van der Waals surface area contributed by atoms with Crippen molar-refractivity contribution in [3.8, 4) is 28.6 Å². The van der Waals surface area contributed by atoms with Gasteiger partial charge >= 0.3 is 12.1 Å². The van der Waals surface area contributed by atoms with Crippen LogP contribution < -0.4 is 4.90 Å². The number of ether oxygens (including phenoxy) is 1. The lowest BCUT2D eigenvalue weighted by atomic mass is 10.1. The number of carbonyl (C=O) groups is 1. The number of morpholine rings is 1. The van der Waals surface area contributed by atoms with Crippen LogP contribution in [0.2, 0.25) is 0 Å². The minimum absolute atomic E-state index is 0.0912. The van der Waals surface area contributed by atoms with Crippen molar-refractivity contribution in [1.29, 1.82) is 0 Å². The third-order valence-corrected chi connectivity index (χ3v) is 6.34. The summed E-state index contributed by atoms with van der Waals surface area (Å²) in [5.41, 5.74) is 2.15. The number of nitrogens with zero attached hydrogens (tertiary/aromatic N) is 4. The van der Waals surface area contributed by atoms with Crippen molar-refractivity contribution in [2.45, 2.75) is 11.3 Å². The van der Waals surface area contributed by atoms with E-state index in [2.05, 4.69) is 31.0 Å². The average Bonchev–Trinajstić information content (AvgIpc) is 3.27. The van der Waals surface area contributed by atoms with E-state index in [1.54, 1.807) is 10.6 Å². The Hall–Kier alpha value is -3.17. The van der Waals surface area contributed by atoms with Crippen molar-refractivity contribution in [2.75, 3.05) is 37.5 Å². The average molecular weight is 593 g/mol. The van der Waals surface area contributed by atoms with E-state index in [9.17, 15) is 27.6 Å². The zero-order valence-electron chi connectivity index (χ0n) is 18.6. The number of phenolic OH excluding ortho intramolecular Hbond substituents is 2. The predicted octanol–water partition coefficient (Wildman–Crippen LogP) is 3.32. The van der Waals surface area contributed by atoms with E-state index in [1.165, 1.54) is 12.3 Å². The van der Waals surface area contributed by atoms with Crippen molar-refractivity contribution in [3.05, 3.63) is 40.9 Å². The molecule has 0 spiro atoms. The van der Waals surface area contributed by atoms with Crippen molar-refractivity contribution < 1.29 is 42.2 Å². The van der Waals surface area contributed by atoms with Crippen LogP contribution >= 0.6 is 15.9 Å². The number of carboxylic acids is 1. The van der Waals surface area contributed by atoms with Crippen molar-refractivity contribution in [1.82, 2.24) is 14.8 Å². The smallest absolute Gasteiger partial charge is 0.490 e. The topological polar surface area (TPSA) is 138 Å². The molecule has 1 aliphatic rings. The summed E-state index contributed by atoms with van der Waals surface area (Å²) in [5, 5.41) is 35.8. The normalized spacial score (nSPS) is 14.6. The summed E-state index contributed by atoms with van der Waals surface area (Å²) >= 11 is 3.25. The van der Waals surface area contributed by atoms with Crippen molar-refractivity contribution in [3.63, 3.8) is 0 Å². The van der Waals surface area contributed by atoms with Gasteiger partial charge < -0.3 is 25.0 Å². The molecule has 0 aliphatic carbocycles. The van der Waals surface area contributed by atoms with Gasteiger partial charge in [-0.1, -0.05) is 0 Å². The summed E-state index contributed by atoms with van der Waals surface area (Å²) in [6, 6.07) is 10.6. The highest BCUT2D eigenvalue weighted by Crippen LogP contribution is 2.38. The number of alkyl halides is 3. The van der Waals surface area contributed by atoms with Gasteiger partial charge in [-0.25, -0.2) is 4.79 Å². The third-order valence-electron chi connectivity index (χ3n) is 4.92. The molecule has 1 aromatic heterocycles. The number of halogens is 4. The first-order chi connectivity index (χ1) is 16.9. The summed E-state index contributed by atoms with van der Waals surface area (Å²) in [6.07, 6.45) is -3.56. The van der Waals surface area contributed by atoms with Crippen LogP contribution in [-0.2, 0) is 20.3 Å². The Labute approximate surface area is 213 Å². The number of carboxylic acid groups (broad SMARTS) is 1. The Bertz CT molecular complexity index is 1260. The van der Waals surface area contributed by atoms with E-state index < -0.39 is 22.9 Å². The van der Waals surface area contributed by atoms with E-state index in [0.717, 1.165) is 24.5 Å². The van der Waals surface area contributed by atoms with E-state index >= 15 is 0 Å². The second kappa shape index (κ2) is 11.3. The maximum Gasteiger partial charge on any atom is 0.490 e. The number of anilines is 1. The Kier molecular flexibility index (Phi) is 8.58. The lowest BCUT2D eigenvalue weighted by molar-refractivity contribution is -0.192. The first-order valence-corrected chi connectivity index (χ1v) is 12.5. The lowest BCUT2D eigenvalue weighted by Gasteiger charge is -2.29. The van der Waals surface area contributed by atoms with Gasteiger partial charge in [-0.3, -0.25) is 8.78 Å². The molecular formula is C21H20BrF3N4O6S. The number of rotatable bonds is 4. The van der Waals surface area contributed by atoms with Gasteiger partial charge in [-0.05, 0) is 46.3 Å². The monoisotopic (exact) mass is 592 g/mol. The van der Waals surface area contributed by atoms with E-state index in [4.69, 9.17) is 14.6 Å². The molecule has 0 saturated carbocycles. The van der Waals surface area contributed by atoms with Gasteiger partial charge in [-0.2, -0.15) is 13.2 Å². The molecule has 1 fully saturated rings. The number of aromatic hydroxyl groups is 2. The summed E-state index contributed by atoms with van der Waals surface area (Å²) in [6.45, 7) is 3.06. The van der Waals surface area contributed by atoms with Crippen molar-refractivity contribution >= 4 is 38.4 Å². The molecule has 1 aliphatic heterocycles. The number of aromatic nitrogens is 3. The fraction of sp³-hybridized carbons (Fsp3) is 0.286. The molecule has 2 aromatic carbocycles. The van der Waals surface area contributed by atoms with Crippen LogP contribution in [0.3, 0.4) is 0 Å². The molecule has 36 heavy (non-hydrogen) atoms. The van der Waals surface area contributed by atoms with Gasteiger partial charge in [0, 0.05) is 36.8 Å². The van der Waals surface area contributed by atoms with Gasteiger partial charge in [-0.15, -0.1) is 10.2 Å². The second-order valence-corrected chi connectivity index (χ2v) is 9.46. The molecular weight excluding hydrogens is 573 g/mol. The first-order valence-electron chi connectivity index (χ1n) is 10.1. The van der Waals surface area contributed by atoms with Crippen LogP contribution in [-0.4, -0.2) is 79.0 Å². The predicted molar refractivity (Wildman–Crippen MR) is 127 cm³/mol. The fourth-order valence-electron chi connectivity index (χ4n) is 3.23. The molecule has 0 radical (unpaired) electrons. The van der Waals surface area contributed by atoms with Crippen LogP contribution in [0.25, 0.3) is 17.1 Å². The SMILES string of the molecule is CS(=O)c1nnc(-c2cc(Br)c(O)cc2O)n1-c1ccc(N2CCOCC2)cc1.O=C(O)C(F)(F)F. The van der Waals surface area contributed by atoms with E-state index in [0.29, 0.717) is 29.1 Å². The molecule has 0 bridgehead atoms. The molecule has 2 heterocycles. The van der Waals surface area contributed by atoms with E-state index in [1.807, 2.05) is 24.3 Å². The van der Waals surface area contributed by atoms with Crippen LogP contribution in [0.1, 0.15) is 0 Å². The van der Waals surface area contributed by atoms with Crippen LogP contribution in [0, 0.1) is 0 Å². The summed E-state index contributed by atoms with van der Waals surface area (Å²) in [5.74, 6) is -2.68. The molecule has 3 aromatic rings. The van der Waals surface area contributed by atoms with Crippen LogP contribution in [0.4, 0.5) is 18.9 Å². The molecule has 194 valence electrons. The van der Waals surface area contributed by atoms with Gasteiger partial charge in [0.15, 0.2) is 5.82 Å². The largest absolute Gasteiger partial charge is 0.507 e. The Morgan fingerprint density at radius 3 is 2.14 bits per heavy atom. The highest BCUT2D eigenvalue weighted by atomic mass is 79.9. The number of hydrogen-bond acceptors (Lipinski definition) is 8. The molecule has 1 saturated heterocycles.